The third-order valence-corrected chi connectivity index (χ3v) is 7.44. The first-order valence-corrected chi connectivity index (χ1v) is 12.7. The van der Waals surface area contributed by atoms with Crippen LogP contribution in [0.5, 0.6) is 5.75 Å². The summed E-state index contributed by atoms with van der Waals surface area (Å²) in [5.74, 6) is -1.25. The van der Waals surface area contributed by atoms with Crippen molar-refractivity contribution in [3.63, 3.8) is 0 Å². The summed E-state index contributed by atoms with van der Waals surface area (Å²) in [6.07, 6.45) is 0. The molecule has 0 saturated heterocycles. The summed E-state index contributed by atoms with van der Waals surface area (Å²) in [5.41, 5.74) is 0. The Balaban J connectivity index is 0.00000204. The van der Waals surface area contributed by atoms with Gasteiger partial charge in [-0.2, -0.15) is 0 Å². The van der Waals surface area contributed by atoms with E-state index in [4.69, 9.17) is 4.74 Å². The summed E-state index contributed by atoms with van der Waals surface area (Å²) >= 11 is 0. The Morgan fingerprint density at radius 2 is 0.943 bits per heavy atom. The fourth-order valence-corrected chi connectivity index (χ4v) is 5.89. The molecule has 0 fully saturated rings. The molecule has 4 aromatic carbocycles. The monoisotopic (exact) mass is 566 g/mol. The van der Waals surface area contributed by atoms with E-state index in [-0.39, 0.29) is 127 Å². The van der Waals surface area contributed by atoms with Crippen molar-refractivity contribution in [3.8, 4) is 5.75 Å². The van der Waals surface area contributed by atoms with Crippen LogP contribution in [-0.4, -0.2) is 44.9 Å². The number of ether oxygens (including phenoxy) is 1. The third-order valence-electron chi connectivity index (χ3n) is 4.81. The first-order chi connectivity index (χ1) is 14.6. The quantitative estimate of drug-likeness (QED) is 0.0748. The van der Waals surface area contributed by atoms with Crippen molar-refractivity contribution in [2.24, 2.45) is 0 Å². The first-order valence-electron chi connectivity index (χ1n) is 8.45. The zero-order valence-corrected chi connectivity index (χ0v) is 27.1. The Hall–Kier alpha value is 0.120. The Morgan fingerprint density at radius 3 is 1.29 bits per heavy atom. The summed E-state index contributed by atoms with van der Waals surface area (Å²) in [4.78, 5) is 8.62. The van der Waals surface area contributed by atoms with E-state index < -0.39 is 51.0 Å². The molecule has 0 heterocycles. The van der Waals surface area contributed by atoms with E-state index in [1.807, 2.05) is 0 Å². The van der Waals surface area contributed by atoms with Crippen LogP contribution >= 0.6 is 0 Å². The number of hydrogen-bond acceptors (Lipinski definition) is 11. The second kappa shape index (κ2) is 11.1. The molecule has 0 aromatic heterocycles. The average Bonchev–Trinajstić information content (AvgIpc) is 2.63. The number of esters is 1. The van der Waals surface area contributed by atoms with E-state index in [9.17, 15) is 43.7 Å². The summed E-state index contributed by atoms with van der Waals surface area (Å²) in [6, 6.07) is 5.66. The minimum atomic E-state index is -5.30. The molecule has 0 amide bonds. The molecule has 0 unspecified atom stereocenters. The molecule has 0 aliphatic heterocycles. The van der Waals surface area contributed by atoms with Gasteiger partial charge in [0.15, 0.2) is 0 Å². The van der Waals surface area contributed by atoms with E-state index in [1.165, 1.54) is 6.07 Å². The average molecular weight is 566 g/mol. The first kappa shape index (κ1) is 33.1. The minimum Gasteiger partial charge on any atom is -0.744 e. The Bertz CT molecular complexity index is 1750. The smallest absolute Gasteiger partial charge is 0.744 e. The topological polar surface area (TPSA) is 198 Å². The molecular formula is C18H9Na3O11S3. The number of rotatable bonds is 4. The molecule has 0 bridgehead atoms. The molecule has 4 rings (SSSR count). The number of carbonyl (C=O) groups is 1. The molecule has 168 valence electrons. The maximum Gasteiger partial charge on any atom is 1.00 e. The molecule has 0 atom stereocenters. The third kappa shape index (κ3) is 6.08. The van der Waals surface area contributed by atoms with Gasteiger partial charge in [0, 0.05) is 39.2 Å². The van der Waals surface area contributed by atoms with Crippen molar-refractivity contribution >= 4 is 68.6 Å². The van der Waals surface area contributed by atoms with Gasteiger partial charge in [-0.1, -0.05) is 18.2 Å². The second-order valence-electron chi connectivity index (χ2n) is 6.77. The van der Waals surface area contributed by atoms with Gasteiger partial charge >= 0.3 is 94.6 Å². The van der Waals surface area contributed by atoms with Gasteiger partial charge in [-0.05, 0) is 18.2 Å². The molecule has 0 aliphatic rings. The summed E-state index contributed by atoms with van der Waals surface area (Å²) in [5, 5.41) is -1.31. The van der Waals surface area contributed by atoms with Crippen LogP contribution in [0.15, 0.2) is 51.1 Å². The summed E-state index contributed by atoms with van der Waals surface area (Å²) in [6.45, 7) is 1.01. The predicted octanol–water partition coefficient (Wildman–Crippen LogP) is -7.77. The summed E-state index contributed by atoms with van der Waals surface area (Å²) in [7, 11) is -15.8. The molecule has 0 spiro atoms. The van der Waals surface area contributed by atoms with Gasteiger partial charge in [0.2, 0.25) is 0 Å². The van der Waals surface area contributed by atoms with Crippen LogP contribution < -0.4 is 93.4 Å². The van der Waals surface area contributed by atoms with E-state index in [2.05, 4.69) is 0 Å². The minimum absolute atomic E-state index is 0. The van der Waals surface area contributed by atoms with Gasteiger partial charge in [0.25, 0.3) is 0 Å². The van der Waals surface area contributed by atoms with Crippen molar-refractivity contribution in [1.82, 2.24) is 0 Å². The molecule has 35 heavy (non-hydrogen) atoms. The molecule has 4 aromatic rings. The molecule has 0 aliphatic carbocycles. The van der Waals surface area contributed by atoms with Gasteiger partial charge in [-0.3, -0.25) is 4.79 Å². The summed E-state index contributed by atoms with van der Waals surface area (Å²) < 4.78 is 112. The van der Waals surface area contributed by atoms with Gasteiger partial charge in [0.1, 0.15) is 36.1 Å². The maximum atomic E-state index is 11.9. The molecular weight excluding hydrogens is 557 g/mol. The normalized spacial score (nSPS) is 12.1. The number of benzene rings is 4. The van der Waals surface area contributed by atoms with Crippen LogP contribution in [-0.2, 0) is 35.1 Å². The van der Waals surface area contributed by atoms with Gasteiger partial charge in [-0.15, -0.1) is 0 Å². The SMILES string of the molecule is CC(=O)Oc1cc(S(=O)(=O)[O-])c2ccc3c(S(=O)(=O)[O-])cc(S(=O)(=O)[O-])c4ccc1c2c43.[Na+].[Na+].[Na+]. The Morgan fingerprint density at radius 1 is 0.629 bits per heavy atom. The maximum absolute atomic E-state index is 11.9. The van der Waals surface area contributed by atoms with Crippen molar-refractivity contribution in [1.29, 1.82) is 0 Å². The fraction of sp³-hybridized carbons (Fsp3) is 0.0556. The van der Waals surface area contributed by atoms with Gasteiger partial charge < -0.3 is 18.4 Å². The fourth-order valence-electron chi connectivity index (χ4n) is 3.73. The number of hydrogen-bond donors (Lipinski definition) is 0. The van der Waals surface area contributed by atoms with E-state index in [1.54, 1.807) is 0 Å². The molecule has 0 radical (unpaired) electrons. The van der Waals surface area contributed by atoms with Crippen molar-refractivity contribution in [2.75, 3.05) is 0 Å². The zero-order valence-electron chi connectivity index (χ0n) is 18.7. The van der Waals surface area contributed by atoms with Crippen molar-refractivity contribution in [2.45, 2.75) is 21.6 Å². The van der Waals surface area contributed by atoms with E-state index >= 15 is 0 Å². The predicted molar refractivity (Wildman–Crippen MR) is 105 cm³/mol. The van der Waals surface area contributed by atoms with Crippen LogP contribution in [0, 0.1) is 0 Å². The van der Waals surface area contributed by atoms with Crippen LogP contribution in [0.1, 0.15) is 6.92 Å². The van der Waals surface area contributed by atoms with Crippen molar-refractivity contribution in [3.05, 3.63) is 36.4 Å². The Labute approximate surface area is 266 Å². The molecule has 17 heteroatoms. The second-order valence-corrected chi connectivity index (χ2v) is 10.8. The number of carbonyl (C=O) groups excluding carboxylic acids is 1. The van der Waals surface area contributed by atoms with Gasteiger partial charge in [-0.25, -0.2) is 25.3 Å². The van der Waals surface area contributed by atoms with E-state index in [0.717, 1.165) is 31.2 Å². The van der Waals surface area contributed by atoms with Gasteiger partial charge in [0.05, 0.1) is 14.7 Å². The largest absolute Gasteiger partial charge is 1.00 e. The standard InChI is InChI=1S/C18H12O11S3.3Na/c1-8(19)29-13-6-14(30(20,21)22)10-4-5-12-16(32(26,27)28)7-15(31(23,24)25)11-3-2-9(13)17(10)18(11)12;;;/h2-7H,1H3,(H,20,21,22)(H,23,24,25)(H,26,27,28);;;/q;3*+1/p-3. The van der Waals surface area contributed by atoms with E-state index in [0.29, 0.717) is 6.07 Å². The van der Waals surface area contributed by atoms with Crippen LogP contribution in [0.4, 0.5) is 0 Å². The van der Waals surface area contributed by atoms with Crippen LogP contribution in [0.2, 0.25) is 0 Å². The molecule has 11 nitrogen and oxygen atoms in total. The van der Waals surface area contributed by atoms with Crippen molar-refractivity contribution < 1.29 is 137 Å². The van der Waals surface area contributed by atoms with Crippen LogP contribution in [0.25, 0.3) is 32.3 Å². The zero-order chi connectivity index (χ0) is 23.8. The Kier molecular flexibility index (Phi) is 10.5. The van der Waals surface area contributed by atoms with Crippen LogP contribution in [0.3, 0.4) is 0 Å². The molecule has 0 saturated carbocycles. The molecule has 0 N–H and O–H groups in total.